The van der Waals surface area contributed by atoms with Crippen molar-refractivity contribution < 1.29 is 19.3 Å². The molecule has 0 radical (unpaired) electrons. The third kappa shape index (κ3) is 2.34. The Morgan fingerprint density at radius 1 is 1.12 bits per heavy atom. The Kier molecular flexibility index (Phi) is 3.54. The number of amides is 2. The molecule has 0 N–H and O–H groups in total. The van der Waals surface area contributed by atoms with E-state index in [-0.39, 0.29) is 11.4 Å². The number of hydrogen-bond acceptors (Lipinski definition) is 6. The van der Waals surface area contributed by atoms with Gasteiger partial charge >= 0.3 is 0 Å². The van der Waals surface area contributed by atoms with E-state index in [1.807, 2.05) is 6.92 Å². The number of oxime groups is 1. The number of nitro groups is 1. The molecule has 0 bridgehead atoms. The zero-order valence-electron chi connectivity index (χ0n) is 13.7. The van der Waals surface area contributed by atoms with Gasteiger partial charge < -0.3 is 4.84 Å². The number of aryl methyl sites for hydroxylation is 1. The predicted octanol–water partition coefficient (Wildman–Crippen LogP) is 2.20. The third-order valence-corrected chi connectivity index (χ3v) is 4.46. The Morgan fingerprint density at radius 3 is 2.54 bits per heavy atom. The van der Waals surface area contributed by atoms with Crippen molar-refractivity contribution in [2.24, 2.45) is 11.1 Å². The molecular formula is C18H13N3O5. The first kappa shape index (κ1) is 15.9. The SMILES string of the molecule is Cc1ccc(N2C(=O)[C@H]3C(c4cccc([N+](=O)[O-])c4)=NO[C@H]3C2=O)cc1. The van der Waals surface area contributed by atoms with E-state index in [1.165, 1.54) is 18.2 Å². The summed E-state index contributed by atoms with van der Waals surface area (Å²) in [7, 11) is 0. The Bertz CT molecular complexity index is 967. The number of benzene rings is 2. The number of carbonyl (C=O) groups excluding carboxylic acids is 2. The highest BCUT2D eigenvalue weighted by molar-refractivity contribution is 6.32. The number of nitro benzene ring substituents is 1. The molecule has 0 aromatic heterocycles. The van der Waals surface area contributed by atoms with Crippen molar-refractivity contribution in [3.63, 3.8) is 0 Å². The van der Waals surface area contributed by atoms with Crippen molar-refractivity contribution in [1.29, 1.82) is 0 Å². The minimum absolute atomic E-state index is 0.124. The molecule has 2 aliphatic heterocycles. The molecular weight excluding hydrogens is 338 g/mol. The maximum atomic E-state index is 12.9. The summed E-state index contributed by atoms with van der Waals surface area (Å²) in [5.74, 6) is -1.86. The zero-order valence-corrected chi connectivity index (χ0v) is 13.7. The molecule has 0 aliphatic carbocycles. The van der Waals surface area contributed by atoms with Crippen LogP contribution in [0.4, 0.5) is 11.4 Å². The highest BCUT2D eigenvalue weighted by Gasteiger charge is 2.56. The number of non-ortho nitro benzene ring substituents is 1. The Balaban J connectivity index is 1.70. The highest BCUT2D eigenvalue weighted by atomic mass is 16.7. The summed E-state index contributed by atoms with van der Waals surface area (Å²) in [5.41, 5.74) is 1.95. The van der Waals surface area contributed by atoms with Gasteiger partial charge in [-0.1, -0.05) is 35.0 Å². The number of rotatable bonds is 3. The van der Waals surface area contributed by atoms with E-state index in [2.05, 4.69) is 5.16 Å². The van der Waals surface area contributed by atoms with Crippen LogP contribution in [0.2, 0.25) is 0 Å². The van der Waals surface area contributed by atoms with Crippen molar-refractivity contribution in [2.75, 3.05) is 4.90 Å². The number of fused-ring (bicyclic) bond motifs is 1. The first-order valence-corrected chi connectivity index (χ1v) is 7.90. The van der Waals surface area contributed by atoms with E-state index in [9.17, 15) is 19.7 Å². The van der Waals surface area contributed by atoms with E-state index < -0.39 is 28.8 Å². The van der Waals surface area contributed by atoms with Gasteiger partial charge in [-0.3, -0.25) is 19.7 Å². The number of anilines is 1. The fraction of sp³-hybridized carbons (Fsp3) is 0.167. The smallest absolute Gasteiger partial charge is 0.278 e. The molecule has 0 unspecified atom stereocenters. The predicted molar refractivity (Wildman–Crippen MR) is 91.7 cm³/mol. The molecule has 0 spiro atoms. The average molecular weight is 351 g/mol. The van der Waals surface area contributed by atoms with Gasteiger partial charge in [-0.25, -0.2) is 4.90 Å². The second-order valence-electron chi connectivity index (χ2n) is 6.14. The minimum Gasteiger partial charge on any atom is -0.381 e. The van der Waals surface area contributed by atoms with E-state index in [0.29, 0.717) is 11.3 Å². The van der Waals surface area contributed by atoms with Gasteiger partial charge in [0.05, 0.1) is 10.6 Å². The Morgan fingerprint density at radius 2 is 1.85 bits per heavy atom. The lowest BCUT2D eigenvalue weighted by atomic mass is 9.94. The van der Waals surface area contributed by atoms with Gasteiger partial charge in [0.25, 0.3) is 11.6 Å². The summed E-state index contributed by atoms with van der Waals surface area (Å²) in [6.07, 6.45) is -1.04. The van der Waals surface area contributed by atoms with E-state index in [0.717, 1.165) is 10.5 Å². The molecule has 2 aromatic carbocycles. The number of hydrogen-bond donors (Lipinski definition) is 0. The van der Waals surface area contributed by atoms with Gasteiger partial charge in [0.2, 0.25) is 12.0 Å². The van der Waals surface area contributed by atoms with Crippen molar-refractivity contribution >= 4 is 28.9 Å². The maximum absolute atomic E-state index is 12.9. The van der Waals surface area contributed by atoms with Gasteiger partial charge in [-0.2, -0.15) is 0 Å². The molecule has 8 nitrogen and oxygen atoms in total. The standard InChI is InChI=1S/C18H13N3O5/c1-10-5-7-12(8-6-10)20-17(22)14-15(19-26-16(14)18(20)23)11-3-2-4-13(9-11)21(24)25/h2-9,14,16H,1H3/t14-,16+/m0/s1. The number of nitrogens with zero attached hydrogens (tertiary/aromatic N) is 3. The topological polar surface area (TPSA) is 102 Å². The summed E-state index contributed by atoms with van der Waals surface area (Å²) in [6, 6.07) is 12.8. The first-order chi connectivity index (χ1) is 12.5. The fourth-order valence-corrected chi connectivity index (χ4v) is 3.14. The van der Waals surface area contributed by atoms with Gasteiger partial charge in [0.1, 0.15) is 11.6 Å². The van der Waals surface area contributed by atoms with Crippen LogP contribution in [-0.4, -0.2) is 28.6 Å². The van der Waals surface area contributed by atoms with Gasteiger partial charge in [0, 0.05) is 17.7 Å². The zero-order chi connectivity index (χ0) is 18.4. The third-order valence-electron chi connectivity index (χ3n) is 4.46. The molecule has 0 saturated carbocycles. The quantitative estimate of drug-likeness (QED) is 0.479. The molecule has 4 rings (SSSR count). The molecule has 8 heteroatoms. The van der Waals surface area contributed by atoms with Crippen LogP contribution < -0.4 is 4.90 Å². The second-order valence-corrected chi connectivity index (χ2v) is 6.14. The van der Waals surface area contributed by atoms with Crippen LogP contribution in [0.5, 0.6) is 0 Å². The summed E-state index contributed by atoms with van der Waals surface area (Å²) in [5, 5.41) is 14.8. The van der Waals surface area contributed by atoms with Gasteiger partial charge in [-0.15, -0.1) is 0 Å². The van der Waals surface area contributed by atoms with E-state index >= 15 is 0 Å². The van der Waals surface area contributed by atoms with Crippen LogP contribution in [0.15, 0.2) is 53.7 Å². The number of carbonyl (C=O) groups is 2. The molecule has 2 heterocycles. The minimum atomic E-state index is -1.04. The van der Waals surface area contributed by atoms with Crippen molar-refractivity contribution in [3.05, 3.63) is 69.8 Å². The Labute approximate surface area is 147 Å². The lowest BCUT2D eigenvalue weighted by Gasteiger charge is -2.15. The first-order valence-electron chi connectivity index (χ1n) is 7.90. The van der Waals surface area contributed by atoms with Crippen LogP contribution in [0.3, 0.4) is 0 Å². The van der Waals surface area contributed by atoms with Crippen LogP contribution in [0, 0.1) is 23.0 Å². The molecule has 2 amide bonds. The largest absolute Gasteiger partial charge is 0.381 e. The van der Waals surface area contributed by atoms with Crippen molar-refractivity contribution in [1.82, 2.24) is 0 Å². The normalized spacial score (nSPS) is 21.4. The molecule has 26 heavy (non-hydrogen) atoms. The molecule has 1 fully saturated rings. The monoisotopic (exact) mass is 351 g/mol. The second kappa shape index (κ2) is 5.76. The average Bonchev–Trinajstić information content (AvgIpc) is 3.17. The van der Waals surface area contributed by atoms with Crippen LogP contribution in [0.25, 0.3) is 0 Å². The van der Waals surface area contributed by atoms with Gasteiger partial charge in [-0.05, 0) is 19.1 Å². The molecule has 130 valence electrons. The molecule has 2 aliphatic rings. The summed E-state index contributed by atoms with van der Waals surface area (Å²) < 4.78 is 0. The van der Waals surface area contributed by atoms with Crippen molar-refractivity contribution in [3.8, 4) is 0 Å². The maximum Gasteiger partial charge on any atom is 0.278 e. The number of imide groups is 1. The van der Waals surface area contributed by atoms with Crippen LogP contribution in [-0.2, 0) is 14.4 Å². The summed E-state index contributed by atoms with van der Waals surface area (Å²) in [6.45, 7) is 1.91. The van der Waals surface area contributed by atoms with E-state index in [1.54, 1.807) is 30.3 Å². The lowest BCUT2D eigenvalue weighted by molar-refractivity contribution is -0.384. The van der Waals surface area contributed by atoms with Crippen LogP contribution >= 0.6 is 0 Å². The summed E-state index contributed by atoms with van der Waals surface area (Å²) in [4.78, 5) is 42.3. The molecule has 2 atom stereocenters. The van der Waals surface area contributed by atoms with Crippen LogP contribution in [0.1, 0.15) is 11.1 Å². The van der Waals surface area contributed by atoms with E-state index in [4.69, 9.17) is 4.84 Å². The molecule has 1 saturated heterocycles. The lowest BCUT2D eigenvalue weighted by Crippen LogP contribution is -2.33. The summed E-state index contributed by atoms with van der Waals surface area (Å²) >= 11 is 0. The molecule has 2 aromatic rings. The fourth-order valence-electron chi connectivity index (χ4n) is 3.14. The highest BCUT2D eigenvalue weighted by Crippen LogP contribution is 2.35. The van der Waals surface area contributed by atoms with Crippen molar-refractivity contribution in [2.45, 2.75) is 13.0 Å². The van der Waals surface area contributed by atoms with Gasteiger partial charge in [0.15, 0.2) is 0 Å². The Hall–Kier alpha value is -3.55.